The van der Waals surface area contributed by atoms with Crippen LogP contribution in [0.3, 0.4) is 0 Å². The number of halogens is 2. The van der Waals surface area contributed by atoms with Gasteiger partial charge in [-0.2, -0.15) is 0 Å². The Morgan fingerprint density at radius 3 is 2.41 bits per heavy atom. The summed E-state index contributed by atoms with van der Waals surface area (Å²) in [5.41, 5.74) is 2.59. The number of alkyl halides is 1. The van der Waals surface area contributed by atoms with E-state index >= 15 is 0 Å². The lowest BCUT2D eigenvalue weighted by Gasteiger charge is -2.10. The molecule has 2 aromatic rings. The number of rotatable bonds is 3. The zero-order chi connectivity index (χ0) is 12.3. The Morgan fingerprint density at radius 2 is 1.76 bits per heavy atom. The molecular formula is C15H14BrF. The SMILES string of the molecule is CCc1cccc(C(F)c2ccc(Br)cc2)c1. The van der Waals surface area contributed by atoms with Gasteiger partial charge in [0.15, 0.2) is 6.17 Å². The van der Waals surface area contributed by atoms with Crippen molar-refractivity contribution >= 4 is 15.9 Å². The van der Waals surface area contributed by atoms with Crippen LogP contribution in [0.5, 0.6) is 0 Å². The van der Waals surface area contributed by atoms with Gasteiger partial charge >= 0.3 is 0 Å². The van der Waals surface area contributed by atoms with Gasteiger partial charge in [0.05, 0.1) is 0 Å². The highest BCUT2D eigenvalue weighted by Crippen LogP contribution is 2.27. The monoisotopic (exact) mass is 292 g/mol. The predicted molar refractivity (Wildman–Crippen MR) is 72.9 cm³/mol. The Balaban J connectivity index is 2.29. The van der Waals surface area contributed by atoms with Gasteiger partial charge in [-0.3, -0.25) is 0 Å². The zero-order valence-corrected chi connectivity index (χ0v) is 11.2. The van der Waals surface area contributed by atoms with E-state index in [0.29, 0.717) is 5.56 Å². The third-order valence-electron chi connectivity index (χ3n) is 2.81. The largest absolute Gasteiger partial charge is 0.237 e. The van der Waals surface area contributed by atoms with Crippen LogP contribution in [0, 0.1) is 0 Å². The maximum Gasteiger partial charge on any atom is 0.150 e. The number of benzene rings is 2. The maximum atomic E-state index is 14.3. The van der Waals surface area contributed by atoms with Crippen molar-refractivity contribution < 1.29 is 4.39 Å². The first-order valence-electron chi connectivity index (χ1n) is 5.69. The van der Waals surface area contributed by atoms with Gasteiger partial charge in [-0.25, -0.2) is 4.39 Å². The Hall–Kier alpha value is -1.15. The van der Waals surface area contributed by atoms with Crippen LogP contribution in [0.4, 0.5) is 4.39 Å². The molecule has 0 nitrogen and oxygen atoms in total. The fraction of sp³-hybridized carbons (Fsp3) is 0.200. The Labute approximate surface area is 110 Å². The second-order valence-corrected chi connectivity index (χ2v) is 4.93. The molecule has 0 N–H and O–H groups in total. The first kappa shape index (κ1) is 12.3. The second kappa shape index (κ2) is 5.46. The van der Waals surface area contributed by atoms with Crippen LogP contribution >= 0.6 is 15.9 Å². The van der Waals surface area contributed by atoms with E-state index in [1.807, 2.05) is 48.5 Å². The predicted octanol–water partition coefficient (Wildman–Crippen LogP) is 5.07. The third-order valence-corrected chi connectivity index (χ3v) is 3.34. The van der Waals surface area contributed by atoms with Gasteiger partial charge in [0.25, 0.3) is 0 Å². The zero-order valence-electron chi connectivity index (χ0n) is 9.66. The molecule has 0 aliphatic heterocycles. The van der Waals surface area contributed by atoms with Crippen LogP contribution in [-0.4, -0.2) is 0 Å². The third kappa shape index (κ3) is 2.95. The maximum absolute atomic E-state index is 14.3. The summed E-state index contributed by atoms with van der Waals surface area (Å²) in [5, 5.41) is 0. The summed E-state index contributed by atoms with van der Waals surface area (Å²) in [6.45, 7) is 2.08. The van der Waals surface area contributed by atoms with Gasteiger partial charge in [-0.15, -0.1) is 0 Å². The first-order chi connectivity index (χ1) is 8.20. The number of hydrogen-bond donors (Lipinski definition) is 0. The van der Waals surface area contributed by atoms with E-state index in [1.54, 1.807) is 0 Å². The second-order valence-electron chi connectivity index (χ2n) is 4.01. The summed E-state index contributed by atoms with van der Waals surface area (Å²) in [5.74, 6) is 0. The van der Waals surface area contributed by atoms with Crippen molar-refractivity contribution in [1.29, 1.82) is 0 Å². The summed E-state index contributed by atoms with van der Waals surface area (Å²) in [6.07, 6.45) is -0.115. The minimum Gasteiger partial charge on any atom is -0.237 e. The van der Waals surface area contributed by atoms with Gasteiger partial charge < -0.3 is 0 Å². The Morgan fingerprint density at radius 1 is 1.06 bits per heavy atom. The molecule has 0 spiro atoms. The average Bonchev–Trinajstić information content (AvgIpc) is 2.39. The smallest absolute Gasteiger partial charge is 0.150 e. The standard InChI is InChI=1S/C15H14BrF/c1-2-11-4-3-5-13(10-11)15(17)12-6-8-14(16)9-7-12/h3-10,15H,2H2,1H3. The molecule has 0 aliphatic carbocycles. The van der Waals surface area contributed by atoms with Gasteiger partial charge in [0, 0.05) is 4.47 Å². The van der Waals surface area contributed by atoms with Gasteiger partial charge in [0.1, 0.15) is 0 Å². The fourth-order valence-corrected chi connectivity index (χ4v) is 2.06. The summed E-state index contributed by atoms with van der Waals surface area (Å²) < 4.78 is 15.3. The molecule has 1 atom stereocenters. The van der Waals surface area contributed by atoms with E-state index in [2.05, 4.69) is 22.9 Å². The molecule has 17 heavy (non-hydrogen) atoms. The molecular weight excluding hydrogens is 279 g/mol. The van der Waals surface area contributed by atoms with Gasteiger partial charge in [-0.1, -0.05) is 59.3 Å². The molecule has 0 aromatic heterocycles. The summed E-state index contributed by atoms with van der Waals surface area (Å²) in [7, 11) is 0. The lowest BCUT2D eigenvalue weighted by molar-refractivity contribution is 0.401. The minimum absolute atomic E-state index is 0.696. The highest BCUT2D eigenvalue weighted by molar-refractivity contribution is 9.10. The molecule has 0 fully saturated rings. The summed E-state index contributed by atoms with van der Waals surface area (Å²) in [4.78, 5) is 0. The van der Waals surface area contributed by atoms with Crippen LogP contribution < -0.4 is 0 Å². The molecule has 2 rings (SSSR count). The minimum atomic E-state index is -1.05. The molecule has 88 valence electrons. The molecule has 0 saturated carbocycles. The van der Waals surface area contributed by atoms with Crippen LogP contribution in [0.1, 0.15) is 29.8 Å². The van der Waals surface area contributed by atoms with E-state index in [9.17, 15) is 4.39 Å². The van der Waals surface area contributed by atoms with Crippen molar-refractivity contribution in [3.8, 4) is 0 Å². The van der Waals surface area contributed by atoms with Crippen molar-refractivity contribution in [2.45, 2.75) is 19.5 Å². The first-order valence-corrected chi connectivity index (χ1v) is 6.48. The molecule has 0 saturated heterocycles. The van der Waals surface area contributed by atoms with Gasteiger partial charge in [-0.05, 0) is 35.2 Å². The van der Waals surface area contributed by atoms with Crippen molar-refractivity contribution in [2.75, 3.05) is 0 Å². The molecule has 0 aliphatic rings. The average molecular weight is 293 g/mol. The number of hydrogen-bond acceptors (Lipinski definition) is 0. The van der Waals surface area contributed by atoms with Crippen molar-refractivity contribution in [2.24, 2.45) is 0 Å². The summed E-state index contributed by atoms with van der Waals surface area (Å²) >= 11 is 3.35. The number of aryl methyl sites for hydroxylation is 1. The normalized spacial score (nSPS) is 12.4. The lowest BCUT2D eigenvalue weighted by atomic mass is 10.0. The quantitative estimate of drug-likeness (QED) is 0.741. The van der Waals surface area contributed by atoms with Crippen LogP contribution in [-0.2, 0) is 6.42 Å². The molecule has 2 aromatic carbocycles. The molecule has 0 radical (unpaired) electrons. The molecule has 0 heterocycles. The van der Waals surface area contributed by atoms with Gasteiger partial charge in [0.2, 0.25) is 0 Å². The fourth-order valence-electron chi connectivity index (χ4n) is 1.79. The topological polar surface area (TPSA) is 0 Å². The van der Waals surface area contributed by atoms with E-state index in [0.717, 1.165) is 16.5 Å². The van der Waals surface area contributed by atoms with E-state index in [1.165, 1.54) is 5.56 Å². The lowest BCUT2D eigenvalue weighted by Crippen LogP contribution is -1.95. The van der Waals surface area contributed by atoms with Crippen molar-refractivity contribution in [3.63, 3.8) is 0 Å². The highest BCUT2D eigenvalue weighted by Gasteiger charge is 2.12. The van der Waals surface area contributed by atoms with E-state index < -0.39 is 6.17 Å². The van der Waals surface area contributed by atoms with Crippen molar-refractivity contribution in [3.05, 3.63) is 69.7 Å². The van der Waals surface area contributed by atoms with E-state index in [4.69, 9.17) is 0 Å². The van der Waals surface area contributed by atoms with Crippen LogP contribution in [0.25, 0.3) is 0 Å². The van der Waals surface area contributed by atoms with Crippen LogP contribution in [0.2, 0.25) is 0 Å². The van der Waals surface area contributed by atoms with E-state index in [-0.39, 0.29) is 0 Å². The molecule has 2 heteroatoms. The van der Waals surface area contributed by atoms with Crippen LogP contribution in [0.15, 0.2) is 53.0 Å². The highest BCUT2D eigenvalue weighted by atomic mass is 79.9. The molecule has 1 unspecified atom stereocenters. The Kier molecular flexibility index (Phi) is 3.95. The van der Waals surface area contributed by atoms with Crippen molar-refractivity contribution in [1.82, 2.24) is 0 Å². The Bertz CT molecular complexity index is 491. The molecule has 0 amide bonds. The molecule has 0 bridgehead atoms. The summed E-state index contributed by atoms with van der Waals surface area (Å²) in [6, 6.07) is 15.1.